The van der Waals surface area contributed by atoms with E-state index in [1.165, 1.54) is 34.6 Å². The van der Waals surface area contributed by atoms with Crippen molar-refractivity contribution in [2.45, 2.75) is 50.7 Å². The summed E-state index contributed by atoms with van der Waals surface area (Å²) in [5.41, 5.74) is 1.28. The molecule has 1 saturated heterocycles. The molecule has 1 amide bonds. The summed E-state index contributed by atoms with van der Waals surface area (Å²) in [6.07, 6.45) is 2.04. The monoisotopic (exact) mass is 346 g/mol. The van der Waals surface area contributed by atoms with Crippen LogP contribution in [-0.4, -0.2) is 42.7 Å². The van der Waals surface area contributed by atoms with Gasteiger partial charge in [0.25, 0.3) is 5.91 Å². The smallest absolute Gasteiger partial charge is 0.347 e. The number of aryl methyl sites for hydroxylation is 2. The van der Waals surface area contributed by atoms with Crippen LogP contribution < -0.4 is 5.32 Å². The summed E-state index contributed by atoms with van der Waals surface area (Å²) in [6.45, 7) is -0.242. The first-order chi connectivity index (χ1) is 10.9. The SMILES string of the molecule is O=C(N[C@@H]1CCN(CC(F)(F)F)C1)c1cc2c(s1)CCCCC2. The maximum absolute atomic E-state index is 12.4. The molecule has 128 valence electrons. The Kier molecular flexibility index (Phi) is 4.96. The first kappa shape index (κ1) is 16.8. The highest BCUT2D eigenvalue weighted by Gasteiger charge is 2.34. The van der Waals surface area contributed by atoms with E-state index in [-0.39, 0.29) is 18.5 Å². The van der Waals surface area contributed by atoms with Gasteiger partial charge < -0.3 is 5.32 Å². The predicted octanol–water partition coefficient (Wildman–Crippen LogP) is 3.38. The average Bonchev–Trinajstić information content (AvgIpc) is 2.99. The van der Waals surface area contributed by atoms with E-state index in [4.69, 9.17) is 0 Å². The van der Waals surface area contributed by atoms with E-state index in [0.29, 0.717) is 17.8 Å². The fraction of sp³-hybridized carbons (Fsp3) is 0.688. The van der Waals surface area contributed by atoms with E-state index in [0.717, 1.165) is 12.8 Å². The van der Waals surface area contributed by atoms with Gasteiger partial charge in [0.15, 0.2) is 0 Å². The average molecular weight is 346 g/mol. The molecule has 23 heavy (non-hydrogen) atoms. The van der Waals surface area contributed by atoms with Gasteiger partial charge in [-0.1, -0.05) is 6.42 Å². The zero-order valence-electron chi connectivity index (χ0n) is 12.9. The minimum absolute atomic E-state index is 0.137. The highest BCUT2D eigenvalue weighted by molar-refractivity contribution is 7.14. The Morgan fingerprint density at radius 1 is 1.30 bits per heavy atom. The van der Waals surface area contributed by atoms with Gasteiger partial charge in [-0.2, -0.15) is 13.2 Å². The van der Waals surface area contributed by atoms with E-state index < -0.39 is 12.7 Å². The molecule has 1 N–H and O–H groups in total. The number of carbonyl (C=O) groups excluding carboxylic acids is 1. The number of nitrogens with one attached hydrogen (secondary N) is 1. The molecule has 0 bridgehead atoms. The number of alkyl halides is 3. The normalized spacial score (nSPS) is 22.7. The molecule has 0 saturated carbocycles. The lowest BCUT2D eigenvalue weighted by Crippen LogP contribution is -2.39. The summed E-state index contributed by atoms with van der Waals surface area (Å²) in [5, 5.41) is 2.90. The summed E-state index contributed by atoms with van der Waals surface area (Å²) in [5.74, 6) is -0.137. The lowest BCUT2D eigenvalue weighted by atomic mass is 10.1. The van der Waals surface area contributed by atoms with E-state index >= 15 is 0 Å². The summed E-state index contributed by atoms with van der Waals surface area (Å²) >= 11 is 1.55. The quantitative estimate of drug-likeness (QED) is 0.851. The van der Waals surface area contributed by atoms with Gasteiger partial charge in [-0.05, 0) is 43.7 Å². The minimum atomic E-state index is -4.18. The van der Waals surface area contributed by atoms with Crippen molar-refractivity contribution in [1.29, 1.82) is 0 Å². The van der Waals surface area contributed by atoms with Crippen molar-refractivity contribution >= 4 is 17.2 Å². The first-order valence-electron chi connectivity index (χ1n) is 8.12. The number of likely N-dealkylation sites (tertiary alicyclic amines) is 1. The van der Waals surface area contributed by atoms with E-state index in [9.17, 15) is 18.0 Å². The van der Waals surface area contributed by atoms with Crippen molar-refractivity contribution in [3.63, 3.8) is 0 Å². The number of carbonyl (C=O) groups is 1. The maximum atomic E-state index is 12.4. The van der Waals surface area contributed by atoms with Crippen LogP contribution in [0.15, 0.2) is 6.07 Å². The van der Waals surface area contributed by atoms with Gasteiger partial charge in [0.2, 0.25) is 0 Å². The number of thiophene rings is 1. The predicted molar refractivity (Wildman–Crippen MR) is 83.9 cm³/mol. The first-order valence-corrected chi connectivity index (χ1v) is 8.94. The van der Waals surface area contributed by atoms with Crippen molar-refractivity contribution in [2.75, 3.05) is 19.6 Å². The third-order valence-electron chi connectivity index (χ3n) is 4.48. The Bertz CT molecular complexity index is 547. The molecule has 0 unspecified atom stereocenters. The van der Waals surface area contributed by atoms with Crippen LogP contribution in [0.1, 0.15) is 45.8 Å². The maximum Gasteiger partial charge on any atom is 0.401 e. The van der Waals surface area contributed by atoms with Crippen LogP contribution in [0.25, 0.3) is 0 Å². The van der Waals surface area contributed by atoms with Crippen LogP contribution >= 0.6 is 11.3 Å². The van der Waals surface area contributed by atoms with Gasteiger partial charge in [0.1, 0.15) is 0 Å². The second-order valence-corrected chi connectivity index (χ2v) is 7.57. The molecular formula is C16H21F3N2OS. The van der Waals surface area contributed by atoms with Gasteiger partial charge in [-0.3, -0.25) is 9.69 Å². The Morgan fingerprint density at radius 2 is 2.09 bits per heavy atom. The van der Waals surface area contributed by atoms with E-state index in [2.05, 4.69) is 5.32 Å². The Labute approximate surface area is 137 Å². The standard InChI is InChI=1S/C16H21F3N2OS/c17-16(18,19)10-21-7-6-12(9-21)20-15(22)14-8-11-4-2-1-3-5-13(11)23-14/h8,12H,1-7,9-10H2,(H,20,22)/t12-/m1/s1. The highest BCUT2D eigenvalue weighted by atomic mass is 32.1. The van der Waals surface area contributed by atoms with Crippen molar-refractivity contribution in [1.82, 2.24) is 10.2 Å². The second kappa shape index (κ2) is 6.81. The molecule has 1 fully saturated rings. The number of hydrogen-bond donors (Lipinski definition) is 1. The zero-order valence-corrected chi connectivity index (χ0v) is 13.7. The van der Waals surface area contributed by atoms with Gasteiger partial charge in [0.05, 0.1) is 11.4 Å². The number of halogens is 3. The molecule has 2 aliphatic rings. The van der Waals surface area contributed by atoms with Crippen molar-refractivity contribution in [3.8, 4) is 0 Å². The molecule has 0 spiro atoms. The largest absolute Gasteiger partial charge is 0.401 e. The summed E-state index contributed by atoms with van der Waals surface area (Å²) in [6, 6.07) is 1.79. The van der Waals surface area contributed by atoms with Gasteiger partial charge in [-0.15, -0.1) is 11.3 Å². The van der Waals surface area contributed by atoms with Crippen molar-refractivity contribution < 1.29 is 18.0 Å². The lowest BCUT2D eigenvalue weighted by Gasteiger charge is -2.18. The van der Waals surface area contributed by atoms with Crippen LogP contribution in [0.3, 0.4) is 0 Å². The number of hydrogen-bond acceptors (Lipinski definition) is 3. The molecule has 1 aromatic rings. The molecule has 1 aliphatic carbocycles. The fourth-order valence-electron chi connectivity index (χ4n) is 3.38. The van der Waals surface area contributed by atoms with Crippen LogP contribution in [0.4, 0.5) is 13.2 Å². The number of nitrogens with zero attached hydrogens (tertiary/aromatic N) is 1. The molecule has 3 rings (SSSR count). The fourth-order valence-corrected chi connectivity index (χ4v) is 4.54. The molecule has 0 aromatic carbocycles. The van der Waals surface area contributed by atoms with Crippen LogP contribution in [0, 0.1) is 0 Å². The van der Waals surface area contributed by atoms with E-state index in [1.54, 1.807) is 11.3 Å². The van der Waals surface area contributed by atoms with Gasteiger partial charge >= 0.3 is 6.18 Å². The van der Waals surface area contributed by atoms with Crippen LogP contribution in [0.5, 0.6) is 0 Å². The number of fused-ring (bicyclic) bond motifs is 1. The Balaban J connectivity index is 1.56. The van der Waals surface area contributed by atoms with Crippen molar-refractivity contribution in [2.24, 2.45) is 0 Å². The number of amides is 1. The second-order valence-electron chi connectivity index (χ2n) is 6.43. The third kappa shape index (κ3) is 4.47. The Hall–Kier alpha value is -1.08. The molecule has 3 nitrogen and oxygen atoms in total. The van der Waals surface area contributed by atoms with Gasteiger partial charge in [0, 0.05) is 24.0 Å². The molecule has 2 heterocycles. The van der Waals surface area contributed by atoms with Gasteiger partial charge in [-0.25, -0.2) is 0 Å². The Morgan fingerprint density at radius 3 is 2.87 bits per heavy atom. The van der Waals surface area contributed by atoms with Crippen LogP contribution in [-0.2, 0) is 12.8 Å². The van der Waals surface area contributed by atoms with Crippen LogP contribution in [0.2, 0.25) is 0 Å². The van der Waals surface area contributed by atoms with E-state index in [1.807, 2.05) is 6.07 Å². The molecule has 1 aliphatic heterocycles. The topological polar surface area (TPSA) is 32.3 Å². The van der Waals surface area contributed by atoms with Crippen molar-refractivity contribution in [3.05, 3.63) is 21.4 Å². The molecule has 1 atom stereocenters. The molecular weight excluding hydrogens is 325 g/mol. The summed E-state index contributed by atoms with van der Waals surface area (Å²) < 4.78 is 37.2. The third-order valence-corrected chi connectivity index (χ3v) is 5.72. The zero-order chi connectivity index (χ0) is 16.4. The lowest BCUT2D eigenvalue weighted by molar-refractivity contribution is -0.143. The molecule has 7 heteroatoms. The molecule has 1 aromatic heterocycles. The minimum Gasteiger partial charge on any atom is -0.347 e. The highest BCUT2D eigenvalue weighted by Crippen LogP contribution is 2.29. The summed E-state index contributed by atoms with van der Waals surface area (Å²) in [4.78, 5) is 15.7. The summed E-state index contributed by atoms with van der Waals surface area (Å²) in [7, 11) is 0. The number of rotatable bonds is 3. The molecule has 0 radical (unpaired) electrons.